The quantitative estimate of drug-likeness (QED) is 0.383. The highest BCUT2D eigenvalue weighted by Gasteiger charge is 2.12. The maximum Gasteiger partial charge on any atom is 0.258 e. The monoisotopic (exact) mass is 305 g/mol. The highest BCUT2D eigenvalue weighted by atomic mass is 16.1. The van der Waals surface area contributed by atoms with E-state index < -0.39 is 0 Å². The van der Waals surface area contributed by atoms with Gasteiger partial charge in [-0.15, -0.1) is 0 Å². The summed E-state index contributed by atoms with van der Waals surface area (Å²) in [4.78, 5) is 20.8. The summed E-state index contributed by atoms with van der Waals surface area (Å²) in [7, 11) is 0. The number of benzene rings is 2. The van der Waals surface area contributed by atoms with Gasteiger partial charge in [0.25, 0.3) is 5.91 Å². The van der Waals surface area contributed by atoms with Gasteiger partial charge in [0, 0.05) is 11.6 Å². The summed E-state index contributed by atoms with van der Waals surface area (Å²) < 4.78 is 0. The molecule has 0 aliphatic rings. The van der Waals surface area contributed by atoms with Crippen LogP contribution in [-0.2, 0) is 0 Å². The molecule has 2 aromatic carbocycles. The predicted octanol–water partition coefficient (Wildman–Crippen LogP) is 2.19. The minimum Gasteiger partial charge on any atom is -0.397 e. The van der Waals surface area contributed by atoms with Gasteiger partial charge in [0.05, 0.1) is 22.5 Å². The Morgan fingerprint density at radius 3 is 2.61 bits per heavy atom. The van der Waals surface area contributed by atoms with Crippen molar-refractivity contribution < 1.29 is 4.79 Å². The lowest BCUT2D eigenvalue weighted by molar-refractivity contribution is 0.0978. The summed E-state index contributed by atoms with van der Waals surface area (Å²) in [6, 6.07) is 16.1. The van der Waals surface area contributed by atoms with Crippen molar-refractivity contribution in [3.63, 3.8) is 0 Å². The van der Waals surface area contributed by atoms with Crippen LogP contribution in [0.25, 0.3) is 10.9 Å². The number of nitrogens with two attached hydrogens (primary N) is 2. The molecule has 1 aromatic heterocycles. The van der Waals surface area contributed by atoms with E-state index in [0.717, 1.165) is 0 Å². The maximum absolute atomic E-state index is 12.4. The standard InChI is InChI=1S/C17H15N5O/c18-14-8-4-7-12-13(9-10-20-15(12)14)16(23)22-17(19)21-11-5-2-1-3-6-11/h1-10H,18H2,(H3,19,21,22,23). The summed E-state index contributed by atoms with van der Waals surface area (Å²) >= 11 is 0. The van der Waals surface area contributed by atoms with Gasteiger partial charge in [-0.25, -0.2) is 4.99 Å². The molecule has 3 aromatic rings. The smallest absolute Gasteiger partial charge is 0.258 e. The Morgan fingerprint density at radius 1 is 1.04 bits per heavy atom. The molecule has 1 heterocycles. The van der Waals surface area contributed by atoms with E-state index >= 15 is 0 Å². The van der Waals surface area contributed by atoms with Crippen LogP contribution in [-0.4, -0.2) is 16.9 Å². The number of nitrogens with one attached hydrogen (secondary N) is 1. The lowest BCUT2D eigenvalue weighted by atomic mass is 10.1. The highest BCUT2D eigenvalue weighted by molar-refractivity contribution is 6.13. The molecular weight excluding hydrogens is 290 g/mol. The Labute approximate surface area is 132 Å². The number of hydrogen-bond donors (Lipinski definition) is 3. The van der Waals surface area contributed by atoms with Crippen LogP contribution in [0, 0.1) is 0 Å². The molecule has 0 saturated carbocycles. The first-order valence-electron chi connectivity index (χ1n) is 6.99. The van der Waals surface area contributed by atoms with Crippen LogP contribution in [0.5, 0.6) is 0 Å². The molecule has 0 atom stereocenters. The first kappa shape index (κ1) is 14.5. The van der Waals surface area contributed by atoms with Crippen LogP contribution in [0.3, 0.4) is 0 Å². The number of aliphatic imine (C=N–C) groups is 1. The second kappa shape index (κ2) is 6.15. The molecule has 0 bridgehead atoms. The van der Waals surface area contributed by atoms with Crippen LogP contribution < -0.4 is 16.8 Å². The van der Waals surface area contributed by atoms with Gasteiger partial charge >= 0.3 is 0 Å². The molecule has 0 aliphatic heterocycles. The van der Waals surface area contributed by atoms with Crippen molar-refractivity contribution in [1.29, 1.82) is 0 Å². The minimum atomic E-state index is -0.361. The zero-order valence-electron chi connectivity index (χ0n) is 12.2. The molecule has 0 radical (unpaired) electrons. The number of aromatic nitrogens is 1. The van der Waals surface area contributed by atoms with E-state index in [1.165, 1.54) is 6.20 Å². The number of guanidine groups is 1. The van der Waals surface area contributed by atoms with Gasteiger partial charge in [0.2, 0.25) is 5.96 Å². The van der Waals surface area contributed by atoms with Crippen molar-refractivity contribution in [3.05, 3.63) is 66.4 Å². The van der Waals surface area contributed by atoms with Gasteiger partial charge in [-0.3, -0.25) is 15.1 Å². The molecule has 3 rings (SSSR count). The van der Waals surface area contributed by atoms with E-state index in [2.05, 4.69) is 15.3 Å². The topological polar surface area (TPSA) is 106 Å². The molecule has 6 nitrogen and oxygen atoms in total. The van der Waals surface area contributed by atoms with Crippen LogP contribution in [0.15, 0.2) is 65.8 Å². The molecule has 0 spiro atoms. The van der Waals surface area contributed by atoms with E-state index in [1.807, 2.05) is 18.2 Å². The van der Waals surface area contributed by atoms with Gasteiger partial charge in [0.15, 0.2) is 0 Å². The second-order valence-electron chi connectivity index (χ2n) is 4.89. The normalized spacial score (nSPS) is 11.4. The van der Waals surface area contributed by atoms with Gasteiger partial charge in [-0.1, -0.05) is 30.3 Å². The maximum atomic E-state index is 12.4. The van der Waals surface area contributed by atoms with Crippen LogP contribution in [0.1, 0.15) is 10.4 Å². The van der Waals surface area contributed by atoms with E-state index in [-0.39, 0.29) is 11.9 Å². The molecule has 0 unspecified atom stereocenters. The molecule has 5 N–H and O–H groups in total. The molecule has 0 aliphatic carbocycles. The van der Waals surface area contributed by atoms with E-state index in [4.69, 9.17) is 11.5 Å². The summed E-state index contributed by atoms with van der Waals surface area (Å²) in [5.74, 6) is -0.338. The number of hydrogen-bond acceptors (Lipinski definition) is 4. The largest absolute Gasteiger partial charge is 0.397 e. The zero-order chi connectivity index (χ0) is 16.2. The van der Waals surface area contributed by atoms with Gasteiger partial charge in [-0.05, 0) is 24.3 Å². The van der Waals surface area contributed by atoms with Crippen molar-refractivity contribution in [1.82, 2.24) is 10.3 Å². The van der Waals surface area contributed by atoms with Gasteiger partial charge in [-0.2, -0.15) is 0 Å². The SMILES string of the molecule is NC(=Nc1ccccc1)NC(=O)c1ccnc2c(N)cccc12. The number of nitrogens with zero attached hydrogens (tertiary/aromatic N) is 2. The molecule has 1 amide bonds. The average molecular weight is 305 g/mol. The van der Waals surface area contributed by atoms with Crippen molar-refractivity contribution in [2.45, 2.75) is 0 Å². The number of pyridine rings is 1. The third kappa shape index (κ3) is 3.11. The fourth-order valence-electron chi connectivity index (χ4n) is 2.25. The number of para-hydroxylation sites is 2. The fraction of sp³-hybridized carbons (Fsp3) is 0. The number of carbonyl (C=O) groups excluding carboxylic acids is 1. The Bertz CT molecular complexity index is 890. The Kier molecular flexibility index (Phi) is 3.88. The van der Waals surface area contributed by atoms with E-state index in [9.17, 15) is 4.79 Å². The van der Waals surface area contributed by atoms with Gasteiger partial charge < -0.3 is 11.5 Å². The molecule has 114 valence electrons. The number of fused-ring (bicyclic) bond motifs is 1. The van der Waals surface area contributed by atoms with Crippen LogP contribution in [0.2, 0.25) is 0 Å². The number of nitrogen functional groups attached to an aromatic ring is 1. The number of anilines is 1. The summed E-state index contributed by atoms with van der Waals surface area (Å²) in [6.07, 6.45) is 1.54. The van der Waals surface area contributed by atoms with Crippen molar-refractivity contribution >= 4 is 34.1 Å². The van der Waals surface area contributed by atoms with Crippen molar-refractivity contribution in [2.24, 2.45) is 10.7 Å². The van der Waals surface area contributed by atoms with Crippen molar-refractivity contribution in [2.75, 3.05) is 5.73 Å². The fourth-order valence-corrected chi connectivity index (χ4v) is 2.25. The highest BCUT2D eigenvalue weighted by Crippen LogP contribution is 2.21. The summed E-state index contributed by atoms with van der Waals surface area (Å²) in [5.41, 5.74) is 13.9. The third-order valence-corrected chi connectivity index (χ3v) is 3.29. The first-order chi connectivity index (χ1) is 11.1. The summed E-state index contributed by atoms with van der Waals surface area (Å²) in [5, 5.41) is 3.24. The van der Waals surface area contributed by atoms with Gasteiger partial charge in [0.1, 0.15) is 0 Å². The Morgan fingerprint density at radius 2 is 1.83 bits per heavy atom. The Balaban J connectivity index is 1.90. The van der Waals surface area contributed by atoms with Crippen molar-refractivity contribution in [3.8, 4) is 0 Å². The molecular formula is C17H15N5O. The summed E-state index contributed by atoms with van der Waals surface area (Å²) in [6.45, 7) is 0. The molecule has 0 saturated heterocycles. The van der Waals surface area contributed by atoms with E-state index in [1.54, 1.807) is 36.4 Å². The third-order valence-electron chi connectivity index (χ3n) is 3.29. The molecule has 6 heteroatoms. The first-order valence-corrected chi connectivity index (χ1v) is 6.99. The van der Waals surface area contributed by atoms with Crippen LogP contribution >= 0.6 is 0 Å². The van der Waals surface area contributed by atoms with E-state index in [0.29, 0.717) is 27.8 Å². The Hall–Kier alpha value is -3.41. The predicted molar refractivity (Wildman–Crippen MR) is 91.3 cm³/mol. The van der Waals surface area contributed by atoms with Crippen LogP contribution in [0.4, 0.5) is 11.4 Å². The minimum absolute atomic E-state index is 0.0232. The zero-order valence-corrected chi connectivity index (χ0v) is 12.2. The molecule has 23 heavy (non-hydrogen) atoms. The lowest BCUT2D eigenvalue weighted by Crippen LogP contribution is -2.36. The second-order valence-corrected chi connectivity index (χ2v) is 4.89. The average Bonchev–Trinajstić information content (AvgIpc) is 2.55. The number of carbonyl (C=O) groups is 1. The number of amides is 1. The lowest BCUT2D eigenvalue weighted by Gasteiger charge is -2.08. The molecule has 0 fully saturated rings. The number of rotatable bonds is 2.